The Hall–Kier alpha value is -1.50. The van der Waals surface area contributed by atoms with Crippen LogP contribution in [0, 0.1) is 0 Å². The van der Waals surface area contributed by atoms with Crippen LogP contribution in [0.4, 0.5) is 10.1 Å². The van der Waals surface area contributed by atoms with Crippen molar-refractivity contribution in [1.29, 1.82) is 0 Å². The van der Waals surface area contributed by atoms with E-state index in [4.69, 9.17) is 34.8 Å². The topological polar surface area (TPSA) is 56.0 Å². The second-order valence-electron chi connectivity index (χ2n) is 4.45. The number of anilines is 1. The Balaban J connectivity index is 2.32. The number of hydrogen-bond acceptors (Lipinski definition) is 2. The van der Waals surface area contributed by atoms with E-state index >= 15 is 0 Å². The van der Waals surface area contributed by atoms with Gasteiger partial charge in [-0.25, -0.2) is 4.39 Å². The minimum absolute atomic E-state index is 0.116. The van der Waals surface area contributed by atoms with E-state index in [2.05, 4.69) is 5.32 Å². The Morgan fingerprint density at radius 2 is 1.95 bits per heavy atom. The Morgan fingerprint density at radius 3 is 2.50 bits per heavy atom. The monoisotopic (exact) mass is 365 g/mol. The summed E-state index contributed by atoms with van der Waals surface area (Å²) in [6, 6.07) is 2.71. The van der Waals surface area contributed by atoms with Gasteiger partial charge in [0, 0.05) is 13.2 Å². The molecular formula is C13H11Cl3FN3O2. The zero-order valence-corrected chi connectivity index (χ0v) is 13.6. The lowest BCUT2D eigenvalue weighted by atomic mass is 10.3. The van der Waals surface area contributed by atoms with E-state index in [1.54, 1.807) is 7.05 Å². The number of rotatable bonds is 4. The highest BCUT2D eigenvalue weighted by molar-refractivity contribution is 6.42. The lowest BCUT2D eigenvalue weighted by molar-refractivity contribution is 0.101. The summed E-state index contributed by atoms with van der Waals surface area (Å²) in [7, 11) is 1.58. The molecule has 0 fully saturated rings. The van der Waals surface area contributed by atoms with Crippen LogP contribution >= 0.6 is 34.8 Å². The van der Waals surface area contributed by atoms with Gasteiger partial charge in [-0.1, -0.05) is 34.8 Å². The van der Waals surface area contributed by atoms with Crippen molar-refractivity contribution < 1.29 is 9.18 Å². The first-order valence-corrected chi connectivity index (χ1v) is 7.26. The van der Waals surface area contributed by atoms with Crippen LogP contribution in [0.15, 0.2) is 23.1 Å². The van der Waals surface area contributed by atoms with Gasteiger partial charge in [0.2, 0.25) is 0 Å². The molecule has 0 saturated carbocycles. The van der Waals surface area contributed by atoms with Crippen LogP contribution in [0.25, 0.3) is 0 Å². The molecule has 5 nitrogen and oxygen atoms in total. The maximum atomic E-state index is 12.4. The molecule has 0 unspecified atom stereocenters. The molecule has 1 amide bonds. The van der Waals surface area contributed by atoms with Crippen molar-refractivity contribution in [1.82, 2.24) is 9.13 Å². The van der Waals surface area contributed by atoms with E-state index in [0.29, 0.717) is 0 Å². The Morgan fingerprint density at radius 1 is 1.27 bits per heavy atom. The average Bonchev–Trinajstić information content (AvgIpc) is 2.72. The number of halogens is 4. The number of nitrogens with zero attached hydrogens (tertiary/aromatic N) is 2. The molecule has 2 heterocycles. The normalized spacial score (nSPS) is 10.8. The van der Waals surface area contributed by atoms with E-state index in [1.807, 2.05) is 0 Å². The molecule has 0 bridgehead atoms. The molecule has 2 rings (SSSR count). The molecular weight excluding hydrogens is 356 g/mol. The SMILES string of the molecule is Cn1c(C(=O)Nc2cc(Cl)c(=O)n(CCF)c2)cc(Cl)c1Cl. The number of carbonyl (C=O) groups is 1. The van der Waals surface area contributed by atoms with Crippen LogP contribution in [0.2, 0.25) is 15.2 Å². The molecule has 0 radical (unpaired) electrons. The van der Waals surface area contributed by atoms with Crippen molar-refractivity contribution in [3.63, 3.8) is 0 Å². The van der Waals surface area contributed by atoms with Crippen molar-refractivity contribution in [2.75, 3.05) is 12.0 Å². The van der Waals surface area contributed by atoms with Gasteiger partial charge in [-0.15, -0.1) is 0 Å². The summed E-state index contributed by atoms with van der Waals surface area (Å²) in [5.41, 5.74) is -0.0341. The zero-order chi connectivity index (χ0) is 16.4. The predicted octanol–water partition coefficient (Wildman–Crippen LogP) is 3.37. The minimum Gasteiger partial charge on any atom is -0.329 e. The average molecular weight is 367 g/mol. The largest absolute Gasteiger partial charge is 0.329 e. The fourth-order valence-corrected chi connectivity index (χ4v) is 2.48. The van der Waals surface area contributed by atoms with Gasteiger partial charge in [-0.3, -0.25) is 9.59 Å². The molecule has 0 saturated heterocycles. The van der Waals surface area contributed by atoms with Crippen LogP contribution < -0.4 is 10.9 Å². The van der Waals surface area contributed by atoms with Gasteiger partial charge in [0.25, 0.3) is 11.5 Å². The van der Waals surface area contributed by atoms with Crippen LogP contribution in [0.3, 0.4) is 0 Å². The first kappa shape index (κ1) is 16.9. The summed E-state index contributed by atoms with van der Waals surface area (Å²) in [5, 5.41) is 2.92. The van der Waals surface area contributed by atoms with Gasteiger partial charge in [-0.2, -0.15) is 0 Å². The Bertz CT molecular complexity index is 786. The summed E-state index contributed by atoms with van der Waals surface area (Å²) in [4.78, 5) is 23.9. The molecule has 0 spiro atoms. The summed E-state index contributed by atoms with van der Waals surface area (Å²) in [6.45, 7) is -0.874. The third-order valence-corrected chi connectivity index (χ3v) is 4.09. The van der Waals surface area contributed by atoms with E-state index in [9.17, 15) is 14.0 Å². The number of hydrogen-bond donors (Lipinski definition) is 1. The Kier molecular flexibility index (Phi) is 5.16. The van der Waals surface area contributed by atoms with Crippen molar-refractivity contribution in [2.45, 2.75) is 6.54 Å². The van der Waals surface area contributed by atoms with Crippen molar-refractivity contribution in [3.8, 4) is 0 Å². The summed E-state index contributed by atoms with van der Waals surface area (Å²) >= 11 is 17.5. The highest BCUT2D eigenvalue weighted by Crippen LogP contribution is 2.25. The molecule has 118 valence electrons. The standard InChI is InChI=1S/C13H11Cl3FN3O2/c1-19-10(5-8(14)11(19)16)12(21)18-7-4-9(15)13(22)20(6-7)3-2-17/h4-6H,2-3H2,1H3,(H,18,21). The molecule has 9 heteroatoms. The third kappa shape index (κ3) is 3.29. The smallest absolute Gasteiger partial charge is 0.272 e. The number of aryl methyl sites for hydroxylation is 1. The number of pyridine rings is 1. The van der Waals surface area contributed by atoms with E-state index in [0.717, 1.165) is 4.57 Å². The van der Waals surface area contributed by atoms with Crippen molar-refractivity contribution >= 4 is 46.4 Å². The number of aromatic nitrogens is 2. The Labute approximate surface area is 140 Å². The fraction of sp³-hybridized carbons (Fsp3) is 0.231. The maximum Gasteiger partial charge on any atom is 0.272 e. The predicted molar refractivity (Wildman–Crippen MR) is 85.1 cm³/mol. The van der Waals surface area contributed by atoms with Crippen molar-refractivity contribution in [3.05, 3.63) is 49.6 Å². The lowest BCUT2D eigenvalue weighted by Crippen LogP contribution is -2.23. The zero-order valence-electron chi connectivity index (χ0n) is 11.4. The van der Waals surface area contributed by atoms with Crippen LogP contribution in [0.5, 0.6) is 0 Å². The highest BCUT2D eigenvalue weighted by atomic mass is 35.5. The molecule has 0 aliphatic heterocycles. The van der Waals surface area contributed by atoms with E-state index in [1.165, 1.54) is 22.9 Å². The van der Waals surface area contributed by atoms with Gasteiger partial charge >= 0.3 is 0 Å². The number of amides is 1. The molecule has 1 N–H and O–H groups in total. The summed E-state index contributed by atoms with van der Waals surface area (Å²) < 4.78 is 14.9. The molecule has 2 aromatic heterocycles. The van der Waals surface area contributed by atoms with Crippen LogP contribution in [-0.4, -0.2) is 21.7 Å². The van der Waals surface area contributed by atoms with Gasteiger partial charge in [0.1, 0.15) is 22.5 Å². The van der Waals surface area contributed by atoms with Gasteiger partial charge in [0.15, 0.2) is 0 Å². The second-order valence-corrected chi connectivity index (χ2v) is 5.62. The molecule has 22 heavy (non-hydrogen) atoms. The van der Waals surface area contributed by atoms with Gasteiger partial charge in [-0.05, 0) is 12.1 Å². The molecule has 2 aromatic rings. The lowest BCUT2D eigenvalue weighted by Gasteiger charge is -2.10. The quantitative estimate of drug-likeness (QED) is 0.902. The van der Waals surface area contributed by atoms with E-state index < -0.39 is 18.1 Å². The number of alkyl halides is 1. The second kappa shape index (κ2) is 6.73. The highest BCUT2D eigenvalue weighted by Gasteiger charge is 2.16. The first-order valence-electron chi connectivity index (χ1n) is 6.13. The maximum absolute atomic E-state index is 12.4. The van der Waals surface area contributed by atoms with Crippen LogP contribution in [-0.2, 0) is 13.6 Å². The molecule has 0 atom stereocenters. The van der Waals surface area contributed by atoms with Gasteiger partial charge < -0.3 is 14.5 Å². The molecule has 0 aromatic carbocycles. The van der Waals surface area contributed by atoms with Crippen molar-refractivity contribution in [2.24, 2.45) is 7.05 Å². The minimum atomic E-state index is -0.726. The fourth-order valence-electron chi connectivity index (χ4n) is 1.88. The number of nitrogens with one attached hydrogen (secondary N) is 1. The van der Waals surface area contributed by atoms with E-state index in [-0.39, 0.29) is 33.1 Å². The van der Waals surface area contributed by atoms with Crippen LogP contribution in [0.1, 0.15) is 10.5 Å². The molecule has 0 aliphatic carbocycles. The van der Waals surface area contributed by atoms with Gasteiger partial charge in [0.05, 0.1) is 17.3 Å². The number of carbonyl (C=O) groups excluding carboxylic acids is 1. The summed E-state index contributed by atoms with van der Waals surface area (Å²) in [6.07, 6.45) is 1.32. The first-order chi connectivity index (χ1) is 10.3. The summed E-state index contributed by atoms with van der Waals surface area (Å²) in [5.74, 6) is -0.488. The third-order valence-electron chi connectivity index (χ3n) is 2.97. The molecule has 0 aliphatic rings.